The molecule has 0 radical (unpaired) electrons. The Morgan fingerprint density at radius 3 is 2.29 bits per heavy atom. The first-order valence-electron chi connectivity index (χ1n) is 7.62. The zero-order chi connectivity index (χ0) is 15.9. The number of carbonyl (C=O) groups is 3. The van der Waals surface area contributed by atoms with Gasteiger partial charge in [-0.3, -0.25) is 14.9 Å². The summed E-state index contributed by atoms with van der Waals surface area (Å²) in [7, 11) is 0. The predicted octanol–water partition coefficient (Wildman–Crippen LogP) is 2.28. The van der Waals surface area contributed by atoms with Crippen LogP contribution in [0, 0.1) is 11.3 Å². The van der Waals surface area contributed by atoms with Crippen LogP contribution in [0.3, 0.4) is 0 Å². The van der Waals surface area contributed by atoms with E-state index in [2.05, 4.69) is 24.5 Å². The third kappa shape index (κ3) is 6.60. The lowest BCUT2D eigenvalue weighted by atomic mass is 9.79. The lowest BCUT2D eigenvalue weighted by molar-refractivity contribution is -0.140. The molecule has 1 rings (SSSR count). The van der Waals surface area contributed by atoms with Gasteiger partial charge >= 0.3 is 12.0 Å². The molecule has 0 aliphatic heterocycles. The predicted molar refractivity (Wildman–Crippen MR) is 78.8 cm³/mol. The molecule has 21 heavy (non-hydrogen) atoms. The molecule has 0 aromatic rings. The van der Waals surface area contributed by atoms with E-state index in [1.54, 1.807) is 0 Å². The molecule has 0 spiro atoms. The lowest BCUT2D eigenvalue weighted by Gasteiger charge is -2.26. The van der Waals surface area contributed by atoms with Crippen LogP contribution in [-0.4, -0.2) is 29.6 Å². The molecule has 1 aliphatic rings. The van der Waals surface area contributed by atoms with Crippen molar-refractivity contribution in [1.29, 1.82) is 0 Å². The summed E-state index contributed by atoms with van der Waals surface area (Å²) in [4.78, 5) is 34.5. The summed E-state index contributed by atoms with van der Waals surface area (Å²) in [5.41, 5.74) is -0.478. The van der Waals surface area contributed by atoms with E-state index in [-0.39, 0.29) is 18.7 Å². The van der Waals surface area contributed by atoms with Gasteiger partial charge in [-0.05, 0) is 30.6 Å². The fourth-order valence-electron chi connectivity index (χ4n) is 2.89. The van der Waals surface area contributed by atoms with Crippen LogP contribution in [0.1, 0.15) is 58.8 Å². The highest BCUT2D eigenvalue weighted by Gasteiger charge is 2.38. The van der Waals surface area contributed by atoms with Gasteiger partial charge in [0.05, 0.1) is 6.42 Å². The van der Waals surface area contributed by atoms with E-state index in [4.69, 9.17) is 5.11 Å². The lowest BCUT2D eigenvalue weighted by Crippen LogP contribution is -2.42. The van der Waals surface area contributed by atoms with Crippen molar-refractivity contribution in [3.05, 3.63) is 0 Å². The Morgan fingerprint density at radius 1 is 1.14 bits per heavy atom. The number of carboxylic acids is 1. The van der Waals surface area contributed by atoms with E-state index in [0.29, 0.717) is 12.5 Å². The minimum absolute atomic E-state index is 0.00457. The SMILES string of the molecule is CC(C)CCNC(=O)NC(=O)CC1(CC(=O)O)CCCC1. The van der Waals surface area contributed by atoms with E-state index >= 15 is 0 Å². The number of urea groups is 1. The zero-order valence-electron chi connectivity index (χ0n) is 12.9. The average Bonchev–Trinajstić information content (AvgIpc) is 2.75. The minimum Gasteiger partial charge on any atom is -0.481 e. The smallest absolute Gasteiger partial charge is 0.321 e. The number of hydrogen-bond donors (Lipinski definition) is 3. The van der Waals surface area contributed by atoms with Crippen LogP contribution in [0.5, 0.6) is 0 Å². The van der Waals surface area contributed by atoms with Crippen LogP contribution in [0.2, 0.25) is 0 Å². The van der Waals surface area contributed by atoms with Crippen molar-refractivity contribution in [3.63, 3.8) is 0 Å². The van der Waals surface area contributed by atoms with Crippen LogP contribution in [0.15, 0.2) is 0 Å². The Balaban J connectivity index is 2.40. The average molecular weight is 298 g/mol. The molecule has 0 unspecified atom stereocenters. The molecule has 6 heteroatoms. The van der Waals surface area contributed by atoms with Crippen molar-refractivity contribution in [2.45, 2.75) is 58.8 Å². The van der Waals surface area contributed by atoms with Crippen molar-refractivity contribution in [2.24, 2.45) is 11.3 Å². The first-order valence-corrected chi connectivity index (χ1v) is 7.62. The minimum atomic E-state index is -0.883. The third-order valence-corrected chi connectivity index (χ3v) is 3.99. The number of carboxylic acid groups (broad SMARTS) is 1. The fourth-order valence-corrected chi connectivity index (χ4v) is 2.89. The molecule has 0 heterocycles. The third-order valence-electron chi connectivity index (χ3n) is 3.99. The second-order valence-corrected chi connectivity index (χ2v) is 6.44. The standard InChI is InChI=1S/C15H26N2O4/c1-11(2)5-8-16-14(21)17-12(18)9-15(10-13(19)20)6-3-4-7-15/h11H,3-10H2,1-2H3,(H,19,20)(H2,16,17,18,21). The summed E-state index contributed by atoms with van der Waals surface area (Å²) in [5.74, 6) is -0.787. The van der Waals surface area contributed by atoms with E-state index < -0.39 is 17.4 Å². The van der Waals surface area contributed by atoms with Crippen LogP contribution < -0.4 is 10.6 Å². The molecule has 0 aromatic heterocycles. The van der Waals surface area contributed by atoms with Gasteiger partial charge in [-0.25, -0.2) is 4.79 Å². The summed E-state index contributed by atoms with van der Waals surface area (Å²) in [6, 6.07) is -0.496. The summed E-state index contributed by atoms with van der Waals surface area (Å²) < 4.78 is 0. The highest BCUT2D eigenvalue weighted by atomic mass is 16.4. The molecule has 0 atom stereocenters. The van der Waals surface area contributed by atoms with Gasteiger partial charge in [-0.2, -0.15) is 0 Å². The van der Waals surface area contributed by atoms with Crippen LogP contribution in [0.4, 0.5) is 4.79 Å². The molecule has 0 aromatic carbocycles. The van der Waals surface area contributed by atoms with Crippen LogP contribution >= 0.6 is 0 Å². The first-order chi connectivity index (χ1) is 9.83. The highest BCUT2D eigenvalue weighted by molar-refractivity contribution is 5.94. The normalized spacial score (nSPS) is 16.7. The van der Waals surface area contributed by atoms with Gasteiger partial charge in [0.1, 0.15) is 0 Å². The fraction of sp³-hybridized carbons (Fsp3) is 0.800. The Hall–Kier alpha value is -1.59. The number of nitrogens with one attached hydrogen (secondary N) is 2. The van der Waals surface area contributed by atoms with Gasteiger partial charge in [0.2, 0.25) is 5.91 Å². The number of carbonyl (C=O) groups excluding carboxylic acids is 2. The number of imide groups is 1. The number of hydrogen-bond acceptors (Lipinski definition) is 3. The summed E-state index contributed by atoms with van der Waals surface area (Å²) in [5, 5.41) is 13.9. The molecule has 1 aliphatic carbocycles. The molecular formula is C15H26N2O4. The van der Waals surface area contributed by atoms with Crippen LogP contribution in [0.25, 0.3) is 0 Å². The Bertz CT molecular complexity index is 387. The number of rotatable bonds is 7. The maximum Gasteiger partial charge on any atom is 0.321 e. The van der Waals surface area contributed by atoms with Gasteiger partial charge in [-0.1, -0.05) is 26.7 Å². The maximum atomic E-state index is 11.9. The quantitative estimate of drug-likeness (QED) is 0.672. The summed E-state index contributed by atoms with van der Waals surface area (Å²) in [6.07, 6.45) is 4.32. The Labute approximate surface area is 125 Å². The van der Waals surface area contributed by atoms with E-state index in [1.165, 1.54) is 0 Å². The molecule has 0 saturated heterocycles. The van der Waals surface area contributed by atoms with Gasteiger partial charge in [-0.15, -0.1) is 0 Å². The van der Waals surface area contributed by atoms with Crippen molar-refractivity contribution in [3.8, 4) is 0 Å². The van der Waals surface area contributed by atoms with E-state index in [9.17, 15) is 14.4 Å². The zero-order valence-corrected chi connectivity index (χ0v) is 12.9. The highest BCUT2D eigenvalue weighted by Crippen LogP contribution is 2.43. The Morgan fingerprint density at radius 2 is 1.76 bits per heavy atom. The van der Waals surface area contributed by atoms with Gasteiger partial charge in [0.15, 0.2) is 0 Å². The molecule has 3 amide bonds. The molecular weight excluding hydrogens is 272 g/mol. The monoisotopic (exact) mass is 298 g/mol. The molecule has 0 bridgehead atoms. The number of aliphatic carboxylic acids is 1. The second-order valence-electron chi connectivity index (χ2n) is 6.44. The van der Waals surface area contributed by atoms with Crippen molar-refractivity contribution >= 4 is 17.9 Å². The molecule has 1 saturated carbocycles. The Kier molecular flexibility index (Phi) is 6.65. The maximum absolute atomic E-state index is 11.9. The second kappa shape index (κ2) is 8.00. The topological polar surface area (TPSA) is 95.5 Å². The van der Waals surface area contributed by atoms with E-state index in [0.717, 1.165) is 32.1 Å². The molecule has 1 fully saturated rings. The molecule has 6 nitrogen and oxygen atoms in total. The van der Waals surface area contributed by atoms with E-state index in [1.807, 2.05) is 0 Å². The molecule has 120 valence electrons. The summed E-state index contributed by atoms with van der Waals surface area (Å²) in [6.45, 7) is 4.64. The number of amides is 3. The summed E-state index contributed by atoms with van der Waals surface area (Å²) >= 11 is 0. The van der Waals surface area contributed by atoms with Gasteiger partial charge in [0, 0.05) is 13.0 Å². The van der Waals surface area contributed by atoms with Crippen molar-refractivity contribution < 1.29 is 19.5 Å². The first kappa shape index (κ1) is 17.5. The van der Waals surface area contributed by atoms with Crippen molar-refractivity contribution in [1.82, 2.24) is 10.6 Å². The largest absolute Gasteiger partial charge is 0.481 e. The van der Waals surface area contributed by atoms with Crippen molar-refractivity contribution in [2.75, 3.05) is 6.54 Å². The molecule has 3 N–H and O–H groups in total. The van der Waals surface area contributed by atoms with Gasteiger partial charge < -0.3 is 10.4 Å². The van der Waals surface area contributed by atoms with Gasteiger partial charge in [0.25, 0.3) is 0 Å². The van der Waals surface area contributed by atoms with Crippen LogP contribution in [-0.2, 0) is 9.59 Å².